The van der Waals surface area contributed by atoms with Crippen LogP contribution in [0.25, 0.3) is 0 Å². The zero-order chi connectivity index (χ0) is 13.9. The van der Waals surface area contributed by atoms with Gasteiger partial charge in [-0.2, -0.15) is 5.26 Å². The maximum absolute atomic E-state index is 11.4. The third-order valence-corrected chi connectivity index (χ3v) is 3.40. The van der Waals surface area contributed by atoms with Gasteiger partial charge in [0.15, 0.2) is 9.84 Å². The molecule has 0 atom stereocenters. The van der Waals surface area contributed by atoms with Gasteiger partial charge in [-0.15, -0.1) is 0 Å². The van der Waals surface area contributed by atoms with Crippen molar-refractivity contribution >= 4 is 9.84 Å². The number of nitrogens with zero attached hydrogens (tertiary/aromatic N) is 2. The molecule has 0 aliphatic rings. The van der Waals surface area contributed by atoms with Gasteiger partial charge in [0.05, 0.1) is 4.90 Å². The lowest BCUT2D eigenvalue weighted by atomic mass is 10.3. The van der Waals surface area contributed by atoms with Crippen molar-refractivity contribution in [3.8, 4) is 17.7 Å². The minimum absolute atomic E-state index is 0.168. The lowest BCUT2D eigenvalue weighted by Crippen LogP contribution is -1.97. The van der Waals surface area contributed by atoms with Crippen LogP contribution in [0.15, 0.2) is 47.4 Å². The predicted octanol–water partition coefficient (Wildman–Crippen LogP) is 2.15. The van der Waals surface area contributed by atoms with Gasteiger partial charge in [-0.05, 0) is 24.3 Å². The molecule has 0 unspecified atom stereocenters. The molecular weight excluding hydrogens is 264 g/mol. The van der Waals surface area contributed by atoms with Crippen LogP contribution in [0.3, 0.4) is 0 Å². The zero-order valence-electron chi connectivity index (χ0n) is 10.1. The minimum Gasteiger partial charge on any atom is -0.439 e. The van der Waals surface area contributed by atoms with Crippen molar-refractivity contribution in [1.82, 2.24) is 4.98 Å². The van der Waals surface area contributed by atoms with Gasteiger partial charge in [-0.25, -0.2) is 13.4 Å². The number of sulfone groups is 1. The Morgan fingerprint density at radius 2 is 1.95 bits per heavy atom. The Balaban J connectivity index is 2.31. The minimum atomic E-state index is -3.28. The van der Waals surface area contributed by atoms with E-state index >= 15 is 0 Å². The van der Waals surface area contributed by atoms with Crippen LogP contribution >= 0.6 is 0 Å². The SMILES string of the molecule is CS(=O)(=O)c1cccc(Oc2cccc(C#N)n2)c1. The van der Waals surface area contributed by atoms with Gasteiger partial charge in [0, 0.05) is 12.3 Å². The summed E-state index contributed by atoms with van der Waals surface area (Å²) < 4.78 is 28.3. The zero-order valence-corrected chi connectivity index (χ0v) is 10.9. The van der Waals surface area contributed by atoms with Crippen LogP contribution in [0.4, 0.5) is 0 Å². The van der Waals surface area contributed by atoms with E-state index in [0.717, 1.165) is 6.26 Å². The topological polar surface area (TPSA) is 80.0 Å². The lowest BCUT2D eigenvalue weighted by Gasteiger charge is -2.06. The summed E-state index contributed by atoms with van der Waals surface area (Å²) in [7, 11) is -3.28. The monoisotopic (exact) mass is 274 g/mol. The van der Waals surface area contributed by atoms with Crippen LogP contribution in [0.1, 0.15) is 5.69 Å². The number of pyridine rings is 1. The van der Waals surface area contributed by atoms with Gasteiger partial charge >= 0.3 is 0 Å². The molecular formula is C13H10N2O3S. The first-order chi connectivity index (χ1) is 8.99. The molecule has 1 aromatic heterocycles. The molecule has 0 fully saturated rings. The van der Waals surface area contributed by atoms with E-state index in [0.29, 0.717) is 5.75 Å². The van der Waals surface area contributed by atoms with Crippen LogP contribution in [0.5, 0.6) is 11.6 Å². The van der Waals surface area contributed by atoms with E-state index in [9.17, 15) is 8.42 Å². The number of benzene rings is 1. The molecule has 6 heteroatoms. The van der Waals surface area contributed by atoms with Crippen LogP contribution in [0, 0.1) is 11.3 Å². The smallest absolute Gasteiger partial charge is 0.220 e. The molecule has 5 nitrogen and oxygen atoms in total. The number of hydrogen-bond acceptors (Lipinski definition) is 5. The highest BCUT2D eigenvalue weighted by atomic mass is 32.2. The van der Waals surface area contributed by atoms with Crippen molar-refractivity contribution in [2.24, 2.45) is 0 Å². The van der Waals surface area contributed by atoms with Crippen molar-refractivity contribution < 1.29 is 13.2 Å². The summed E-state index contributed by atoms with van der Waals surface area (Å²) in [6.07, 6.45) is 1.13. The fourth-order valence-electron chi connectivity index (χ4n) is 1.42. The molecule has 0 radical (unpaired) electrons. The average molecular weight is 274 g/mol. The lowest BCUT2D eigenvalue weighted by molar-refractivity contribution is 0.461. The van der Waals surface area contributed by atoms with E-state index in [-0.39, 0.29) is 16.5 Å². The number of rotatable bonds is 3. The number of hydrogen-bond donors (Lipinski definition) is 0. The summed E-state index contributed by atoms with van der Waals surface area (Å²) >= 11 is 0. The summed E-state index contributed by atoms with van der Waals surface area (Å²) in [5.41, 5.74) is 0.233. The van der Waals surface area contributed by atoms with E-state index in [1.54, 1.807) is 30.3 Å². The Labute approximate surface area is 111 Å². The van der Waals surface area contributed by atoms with Crippen LogP contribution in [-0.4, -0.2) is 19.7 Å². The first kappa shape index (κ1) is 13.1. The van der Waals surface area contributed by atoms with E-state index < -0.39 is 9.84 Å². The predicted molar refractivity (Wildman–Crippen MR) is 68.6 cm³/mol. The molecule has 19 heavy (non-hydrogen) atoms. The fourth-order valence-corrected chi connectivity index (χ4v) is 2.08. The molecule has 0 spiro atoms. The largest absolute Gasteiger partial charge is 0.439 e. The van der Waals surface area contributed by atoms with Crippen molar-refractivity contribution in [1.29, 1.82) is 5.26 Å². The molecule has 0 amide bonds. The van der Waals surface area contributed by atoms with Crippen LogP contribution in [0.2, 0.25) is 0 Å². The highest BCUT2D eigenvalue weighted by molar-refractivity contribution is 7.90. The van der Waals surface area contributed by atoms with E-state index in [1.165, 1.54) is 12.1 Å². The summed E-state index contributed by atoms with van der Waals surface area (Å²) in [5.74, 6) is 0.593. The summed E-state index contributed by atoms with van der Waals surface area (Å²) in [4.78, 5) is 4.11. The molecule has 0 aliphatic carbocycles. The number of aromatic nitrogens is 1. The molecule has 0 bridgehead atoms. The van der Waals surface area contributed by atoms with Gasteiger partial charge in [-0.1, -0.05) is 12.1 Å². The average Bonchev–Trinajstić information content (AvgIpc) is 2.38. The van der Waals surface area contributed by atoms with Gasteiger partial charge in [0.1, 0.15) is 17.5 Å². The summed E-state index contributed by atoms with van der Waals surface area (Å²) in [6.45, 7) is 0. The van der Waals surface area contributed by atoms with Crippen molar-refractivity contribution in [3.63, 3.8) is 0 Å². The van der Waals surface area contributed by atoms with Gasteiger partial charge in [-0.3, -0.25) is 0 Å². The maximum atomic E-state index is 11.4. The molecule has 0 saturated carbocycles. The maximum Gasteiger partial charge on any atom is 0.220 e. The van der Waals surface area contributed by atoms with Gasteiger partial charge in [0.25, 0.3) is 0 Å². The molecule has 0 aliphatic heterocycles. The van der Waals surface area contributed by atoms with Crippen molar-refractivity contribution in [2.45, 2.75) is 4.90 Å². The van der Waals surface area contributed by atoms with E-state index in [2.05, 4.69) is 4.98 Å². The Bertz CT molecular complexity index is 748. The van der Waals surface area contributed by atoms with Crippen molar-refractivity contribution in [2.75, 3.05) is 6.26 Å². The molecule has 2 rings (SSSR count). The molecule has 96 valence electrons. The van der Waals surface area contributed by atoms with E-state index in [1.807, 2.05) is 6.07 Å². The Morgan fingerprint density at radius 1 is 1.21 bits per heavy atom. The second kappa shape index (κ2) is 5.08. The van der Waals surface area contributed by atoms with E-state index in [4.69, 9.17) is 10.00 Å². The second-order valence-corrected chi connectivity index (χ2v) is 5.84. The Kier molecular flexibility index (Phi) is 3.49. The first-order valence-electron chi connectivity index (χ1n) is 5.34. The Morgan fingerprint density at radius 3 is 2.63 bits per heavy atom. The van der Waals surface area contributed by atoms with Gasteiger partial charge in [0.2, 0.25) is 5.88 Å². The highest BCUT2D eigenvalue weighted by Gasteiger charge is 2.08. The Hall–Kier alpha value is -2.39. The van der Waals surface area contributed by atoms with Crippen molar-refractivity contribution in [3.05, 3.63) is 48.2 Å². The summed E-state index contributed by atoms with van der Waals surface area (Å²) in [5, 5.41) is 8.73. The first-order valence-corrected chi connectivity index (χ1v) is 7.23. The highest BCUT2D eigenvalue weighted by Crippen LogP contribution is 2.22. The molecule has 1 heterocycles. The number of ether oxygens (including phenoxy) is 1. The fraction of sp³-hybridized carbons (Fsp3) is 0.0769. The van der Waals surface area contributed by atoms with Gasteiger partial charge < -0.3 is 4.74 Å². The quantitative estimate of drug-likeness (QED) is 0.856. The third-order valence-electron chi connectivity index (χ3n) is 2.29. The second-order valence-electron chi connectivity index (χ2n) is 3.82. The molecule has 2 aromatic rings. The van der Waals surface area contributed by atoms with Crippen LogP contribution in [-0.2, 0) is 9.84 Å². The van der Waals surface area contributed by atoms with Crippen LogP contribution < -0.4 is 4.74 Å². The summed E-state index contributed by atoms with van der Waals surface area (Å²) in [6, 6.07) is 12.8. The standard InChI is InChI=1S/C13H10N2O3S/c1-19(16,17)12-6-3-5-11(8-12)18-13-7-2-4-10(9-14)15-13/h2-8H,1H3. The normalized spacial score (nSPS) is 10.7. The third kappa shape index (κ3) is 3.30. The molecule has 0 saturated heterocycles. The molecule has 1 aromatic carbocycles. The number of nitriles is 1. The molecule has 0 N–H and O–H groups in total.